The number of cyclic esters (lactones) is 1. The van der Waals surface area contributed by atoms with Crippen LogP contribution in [0.25, 0.3) is 0 Å². The first-order chi connectivity index (χ1) is 27.2. The van der Waals surface area contributed by atoms with Gasteiger partial charge in [0.15, 0.2) is 0 Å². The molecule has 4 fully saturated rings. The number of fused-ring (bicyclic) bond motifs is 3. The second-order valence-corrected chi connectivity index (χ2v) is 16.1. The van der Waals surface area contributed by atoms with Gasteiger partial charge in [0.05, 0.1) is 6.42 Å². The molecule has 57 heavy (non-hydrogen) atoms. The lowest BCUT2D eigenvalue weighted by molar-refractivity contribution is -0.163. The molecule has 0 aliphatic carbocycles. The minimum absolute atomic E-state index is 0.0513. The van der Waals surface area contributed by atoms with Crippen LogP contribution >= 0.6 is 0 Å². The number of piperidine rings is 1. The SMILES string of the molecule is Cc1ccc(CC(=O)N[C@@H](Cc2cccc(F)c2)C(=O)N[C@@H]2C(=O)N3CCC[C@H]3C(=O)N3CCCC[C@H]3C(=O)N[C@@H](C)C(=O)N3C[C@H](C)C[C@H]3C(=O)O[C@H]2C)cc1. The van der Waals surface area contributed by atoms with Gasteiger partial charge >= 0.3 is 5.97 Å². The molecule has 4 aliphatic rings. The van der Waals surface area contributed by atoms with Gasteiger partial charge in [-0.15, -0.1) is 0 Å². The maximum absolute atomic E-state index is 14.7. The van der Waals surface area contributed by atoms with Gasteiger partial charge in [-0.1, -0.05) is 48.9 Å². The number of benzene rings is 2. The lowest BCUT2D eigenvalue weighted by atomic mass is 9.99. The Labute approximate surface area is 332 Å². The van der Waals surface area contributed by atoms with Crippen LogP contribution in [0, 0.1) is 18.7 Å². The van der Waals surface area contributed by atoms with Gasteiger partial charge in [-0.2, -0.15) is 0 Å². The van der Waals surface area contributed by atoms with E-state index in [0.29, 0.717) is 49.8 Å². The molecule has 0 radical (unpaired) electrons. The molecular weight excluding hydrogens is 735 g/mol. The van der Waals surface area contributed by atoms with Crippen LogP contribution in [0.3, 0.4) is 0 Å². The van der Waals surface area contributed by atoms with Crippen LogP contribution in [-0.4, -0.2) is 118 Å². The summed E-state index contributed by atoms with van der Waals surface area (Å²) < 4.78 is 20.2. The monoisotopic (exact) mass is 788 g/mol. The molecule has 2 aromatic carbocycles. The molecular formula is C42H53FN6O8. The van der Waals surface area contributed by atoms with E-state index in [9.17, 15) is 38.0 Å². The number of carbonyl (C=O) groups excluding carboxylic acids is 7. The van der Waals surface area contributed by atoms with Crippen LogP contribution < -0.4 is 16.0 Å². The average molecular weight is 789 g/mol. The summed E-state index contributed by atoms with van der Waals surface area (Å²) in [5, 5.41) is 8.28. The minimum atomic E-state index is -1.52. The number of nitrogens with one attached hydrogen (secondary N) is 3. The molecule has 4 heterocycles. The summed E-state index contributed by atoms with van der Waals surface area (Å²) in [5.74, 6) is -4.73. The first-order valence-corrected chi connectivity index (χ1v) is 20.0. The van der Waals surface area contributed by atoms with Crippen molar-refractivity contribution < 1.29 is 42.7 Å². The maximum atomic E-state index is 14.7. The average Bonchev–Trinajstić information content (AvgIpc) is 3.83. The lowest BCUT2D eigenvalue weighted by Crippen LogP contribution is -2.63. The van der Waals surface area contributed by atoms with Gasteiger partial charge in [-0.05, 0) is 88.5 Å². The number of amides is 6. The number of ether oxygens (including phenoxy) is 1. The summed E-state index contributed by atoms with van der Waals surface area (Å²) >= 11 is 0. The normalized spacial score (nSPS) is 27.8. The first-order valence-electron chi connectivity index (χ1n) is 20.0. The van der Waals surface area contributed by atoms with Gasteiger partial charge in [0.25, 0.3) is 0 Å². The molecule has 2 aromatic rings. The summed E-state index contributed by atoms with van der Waals surface area (Å²) in [6.45, 7) is 7.52. The highest BCUT2D eigenvalue weighted by Crippen LogP contribution is 2.29. The fourth-order valence-corrected chi connectivity index (χ4v) is 8.47. The van der Waals surface area contributed by atoms with Gasteiger partial charge in [0.1, 0.15) is 48.2 Å². The van der Waals surface area contributed by atoms with Gasteiger partial charge in [-0.25, -0.2) is 9.18 Å². The van der Waals surface area contributed by atoms with E-state index in [-0.39, 0.29) is 38.3 Å². The van der Waals surface area contributed by atoms with E-state index >= 15 is 0 Å². The Morgan fingerprint density at radius 2 is 1.54 bits per heavy atom. The number of hydrogen-bond donors (Lipinski definition) is 3. The molecule has 0 spiro atoms. The third kappa shape index (κ3) is 9.62. The van der Waals surface area contributed by atoms with Crippen molar-refractivity contribution in [3.8, 4) is 0 Å². The number of esters is 1. The lowest BCUT2D eigenvalue weighted by Gasteiger charge is -2.39. The van der Waals surface area contributed by atoms with Crippen molar-refractivity contribution in [2.24, 2.45) is 5.92 Å². The predicted molar refractivity (Wildman–Crippen MR) is 205 cm³/mol. The van der Waals surface area contributed by atoms with Crippen LogP contribution in [0.15, 0.2) is 48.5 Å². The van der Waals surface area contributed by atoms with E-state index < -0.39 is 89.6 Å². The molecule has 4 aliphatic heterocycles. The van der Waals surface area contributed by atoms with Crippen molar-refractivity contribution in [3.05, 3.63) is 71.0 Å². The number of hydrogen-bond acceptors (Lipinski definition) is 8. The summed E-state index contributed by atoms with van der Waals surface area (Å²) in [4.78, 5) is 102. The Hall–Kier alpha value is -5.34. The molecule has 6 rings (SSSR count). The Morgan fingerprint density at radius 1 is 0.842 bits per heavy atom. The zero-order valence-electron chi connectivity index (χ0n) is 33.0. The minimum Gasteiger partial charge on any atom is -0.458 e. The number of rotatable bonds is 7. The highest BCUT2D eigenvalue weighted by Gasteiger charge is 2.47. The molecule has 3 N–H and O–H groups in total. The summed E-state index contributed by atoms with van der Waals surface area (Å²) in [7, 11) is 0. The van der Waals surface area contributed by atoms with Gasteiger partial charge in [-0.3, -0.25) is 28.8 Å². The highest BCUT2D eigenvalue weighted by molar-refractivity contribution is 5.98. The largest absolute Gasteiger partial charge is 0.458 e. The quantitative estimate of drug-likeness (QED) is 0.357. The fraction of sp³-hybridized carbons (Fsp3) is 0.548. The molecule has 0 unspecified atom stereocenters. The Bertz CT molecular complexity index is 1870. The maximum Gasteiger partial charge on any atom is 0.329 e. The number of aryl methyl sites for hydroxylation is 1. The topological polar surface area (TPSA) is 175 Å². The molecule has 8 atom stereocenters. The first kappa shape index (κ1) is 41.3. The van der Waals surface area contributed by atoms with Crippen molar-refractivity contribution >= 4 is 41.4 Å². The van der Waals surface area contributed by atoms with E-state index in [1.54, 1.807) is 25.1 Å². The third-order valence-electron chi connectivity index (χ3n) is 11.5. The van der Waals surface area contributed by atoms with Gasteiger partial charge in [0.2, 0.25) is 35.4 Å². The van der Waals surface area contributed by atoms with Crippen LogP contribution in [-0.2, 0) is 51.1 Å². The van der Waals surface area contributed by atoms with E-state index in [1.807, 2.05) is 26.0 Å². The Balaban J connectivity index is 1.33. The number of halogens is 1. The Kier molecular flexibility index (Phi) is 12.9. The van der Waals surface area contributed by atoms with Crippen LogP contribution in [0.5, 0.6) is 0 Å². The number of nitrogens with zero attached hydrogens (tertiary/aromatic N) is 3. The predicted octanol–water partition coefficient (Wildman–Crippen LogP) is 1.95. The molecule has 6 amide bonds. The highest BCUT2D eigenvalue weighted by atomic mass is 19.1. The van der Waals surface area contributed by atoms with E-state index in [2.05, 4.69) is 16.0 Å². The molecule has 0 saturated carbocycles. The van der Waals surface area contributed by atoms with Crippen molar-refractivity contribution in [2.75, 3.05) is 19.6 Å². The van der Waals surface area contributed by atoms with Gasteiger partial charge < -0.3 is 35.4 Å². The fourth-order valence-electron chi connectivity index (χ4n) is 8.47. The molecule has 4 saturated heterocycles. The summed E-state index contributed by atoms with van der Waals surface area (Å²) in [5.41, 5.74) is 2.13. The number of carbonyl (C=O) groups is 7. The van der Waals surface area contributed by atoms with Crippen molar-refractivity contribution in [1.29, 1.82) is 0 Å². The zero-order chi connectivity index (χ0) is 41.0. The van der Waals surface area contributed by atoms with E-state index in [4.69, 9.17) is 4.74 Å². The van der Waals surface area contributed by atoms with Crippen LogP contribution in [0.2, 0.25) is 0 Å². The summed E-state index contributed by atoms with van der Waals surface area (Å²) in [6, 6.07) is 6.33. The second kappa shape index (κ2) is 17.9. The van der Waals surface area contributed by atoms with E-state index in [0.717, 1.165) is 5.56 Å². The molecule has 0 bridgehead atoms. The van der Waals surface area contributed by atoms with Crippen molar-refractivity contribution in [2.45, 2.75) is 121 Å². The van der Waals surface area contributed by atoms with Crippen LogP contribution in [0.1, 0.15) is 76.0 Å². The third-order valence-corrected chi connectivity index (χ3v) is 11.5. The Morgan fingerprint density at radius 3 is 2.28 bits per heavy atom. The second-order valence-electron chi connectivity index (χ2n) is 16.1. The molecule has 306 valence electrons. The van der Waals surface area contributed by atoms with Crippen LogP contribution in [0.4, 0.5) is 4.39 Å². The molecule has 14 nitrogen and oxygen atoms in total. The summed E-state index contributed by atoms with van der Waals surface area (Å²) in [6.07, 6.45) is 1.33. The molecule has 0 aromatic heterocycles. The standard InChI is InChI=1S/C42H53FN6O8/c1-24-13-15-28(16-14-24)22-35(50)45-31(21-29-9-7-10-30(43)20-29)37(51)46-36-27(4)57-42(56)34-19-25(2)23-49(34)39(53)26(3)44-38(52)32-11-5-6-17-47(32)40(54)33-12-8-18-48(33)41(36)55/h7,9-10,13-16,20,25-27,31-34,36H,5-6,8,11-12,17-19,21-23H2,1-4H3,(H,44,52)(H,45,50)(H,46,51)/t25-,26+,27+,31+,32+,33+,34+,36+/m1/s1. The van der Waals surface area contributed by atoms with Gasteiger partial charge in [0, 0.05) is 26.1 Å². The molecule has 15 heteroatoms. The van der Waals surface area contributed by atoms with Crippen molar-refractivity contribution in [1.82, 2.24) is 30.7 Å². The van der Waals surface area contributed by atoms with E-state index in [1.165, 1.54) is 39.8 Å². The van der Waals surface area contributed by atoms with Crippen molar-refractivity contribution in [3.63, 3.8) is 0 Å². The smallest absolute Gasteiger partial charge is 0.329 e. The zero-order valence-corrected chi connectivity index (χ0v) is 33.0.